The van der Waals surface area contributed by atoms with Crippen molar-refractivity contribution in [2.75, 3.05) is 0 Å². The number of aromatic nitrogens is 1. The van der Waals surface area contributed by atoms with Crippen LogP contribution in [0.3, 0.4) is 0 Å². The number of hydroxylamine groups is 1. The van der Waals surface area contributed by atoms with Gasteiger partial charge >= 0.3 is 0 Å². The van der Waals surface area contributed by atoms with Crippen LogP contribution in [0.25, 0.3) is 0 Å². The maximum atomic E-state index is 11.6. The lowest BCUT2D eigenvalue weighted by atomic mass is 10.2. The summed E-state index contributed by atoms with van der Waals surface area (Å²) in [7, 11) is 0. The van der Waals surface area contributed by atoms with Gasteiger partial charge in [-0.25, -0.2) is 5.48 Å². The molecule has 1 aromatic heterocycles. The van der Waals surface area contributed by atoms with Crippen LogP contribution in [-0.2, 0) is 4.84 Å². The van der Waals surface area contributed by atoms with Gasteiger partial charge in [0.1, 0.15) is 4.64 Å². The van der Waals surface area contributed by atoms with E-state index in [1.807, 2.05) is 20.8 Å². The first-order valence-electron chi connectivity index (χ1n) is 4.56. The minimum atomic E-state index is -0.421. The van der Waals surface area contributed by atoms with Gasteiger partial charge in [-0.3, -0.25) is 9.63 Å². The van der Waals surface area contributed by atoms with E-state index in [0.29, 0.717) is 10.2 Å². The van der Waals surface area contributed by atoms with Crippen molar-refractivity contribution in [3.8, 4) is 0 Å². The Labute approximate surface area is 93.6 Å². The first-order valence-corrected chi connectivity index (χ1v) is 4.97. The predicted octanol–water partition coefficient (Wildman–Crippen LogP) is 2.20. The van der Waals surface area contributed by atoms with Crippen LogP contribution in [0, 0.1) is 4.64 Å². The third kappa shape index (κ3) is 3.81. The number of aromatic amines is 1. The van der Waals surface area contributed by atoms with Crippen molar-refractivity contribution in [2.45, 2.75) is 26.4 Å². The number of carbonyl (C=O) groups is 1. The fraction of sp³-hybridized carbons (Fsp3) is 0.400. The second kappa shape index (κ2) is 4.55. The van der Waals surface area contributed by atoms with Crippen molar-refractivity contribution in [3.63, 3.8) is 0 Å². The van der Waals surface area contributed by atoms with Crippen LogP contribution in [0.5, 0.6) is 0 Å². The van der Waals surface area contributed by atoms with E-state index in [1.54, 1.807) is 18.3 Å². The van der Waals surface area contributed by atoms with Crippen LogP contribution >= 0.6 is 12.2 Å². The molecule has 0 saturated heterocycles. The number of rotatable bonds is 2. The maximum absolute atomic E-state index is 11.6. The first-order chi connectivity index (χ1) is 6.90. The molecule has 1 amide bonds. The molecule has 82 valence electrons. The highest BCUT2D eigenvalue weighted by Gasteiger charge is 2.14. The van der Waals surface area contributed by atoms with E-state index in [0.717, 1.165) is 0 Å². The lowest BCUT2D eigenvalue weighted by Gasteiger charge is -2.18. The van der Waals surface area contributed by atoms with Gasteiger partial charge in [-0.15, -0.1) is 0 Å². The zero-order valence-corrected chi connectivity index (χ0v) is 9.77. The molecule has 0 aliphatic rings. The molecule has 0 aliphatic heterocycles. The molecule has 0 unspecified atom stereocenters. The summed E-state index contributed by atoms with van der Waals surface area (Å²) in [5, 5.41) is 0. The third-order valence-corrected chi connectivity index (χ3v) is 1.85. The number of hydrogen-bond donors (Lipinski definition) is 2. The second-order valence-corrected chi connectivity index (χ2v) is 4.47. The summed E-state index contributed by atoms with van der Waals surface area (Å²) in [4.78, 5) is 19.5. The van der Waals surface area contributed by atoms with Crippen LogP contribution in [0.4, 0.5) is 0 Å². The summed E-state index contributed by atoms with van der Waals surface area (Å²) in [6.45, 7) is 5.54. The molecule has 15 heavy (non-hydrogen) atoms. The molecule has 0 radical (unpaired) electrons. The maximum Gasteiger partial charge on any atom is 0.277 e. The summed E-state index contributed by atoms with van der Waals surface area (Å²) < 4.78 is 0.396. The summed E-state index contributed by atoms with van der Waals surface area (Å²) in [5.74, 6) is -0.341. The lowest BCUT2D eigenvalue weighted by molar-refractivity contribution is -0.0590. The van der Waals surface area contributed by atoms with E-state index in [1.165, 1.54) is 0 Å². The Hall–Kier alpha value is -1.20. The summed E-state index contributed by atoms with van der Waals surface area (Å²) >= 11 is 4.96. The highest BCUT2D eigenvalue weighted by Crippen LogP contribution is 2.05. The molecule has 5 heteroatoms. The van der Waals surface area contributed by atoms with E-state index in [2.05, 4.69) is 10.5 Å². The minimum Gasteiger partial charge on any atom is -0.352 e. The van der Waals surface area contributed by atoms with Gasteiger partial charge in [-0.1, -0.05) is 12.2 Å². The van der Waals surface area contributed by atoms with Gasteiger partial charge in [0, 0.05) is 6.20 Å². The third-order valence-electron chi connectivity index (χ3n) is 1.51. The number of nitrogens with one attached hydrogen (secondary N) is 2. The Morgan fingerprint density at radius 1 is 1.53 bits per heavy atom. The Balaban J connectivity index is 2.71. The molecular formula is C10H14N2O2S. The standard InChI is InChI=1S/C10H14N2O2S/c1-10(2,3)14-12-8(13)7-5-4-6-11-9(7)15/h4-6H,1-3H3,(H,11,15)(H,12,13). The number of hydrogen-bond acceptors (Lipinski definition) is 3. The SMILES string of the molecule is CC(C)(C)ONC(=O)c1ccc[nH]c1=S. The Morgan fingerprint density at radius 3 is 2.73 bits per heavy atom. The molecule has 1 heterocycles. The van der Waals surface area contributed by atoms with Gasteiger partial charge < -0.3 is 4.98 Å². The van der Waals surface area contributed by atoms with Gasteiger partial charge in [-0.05, 0) is 32.9 Å². The molecule has 0 aromatic carbocycles. The van der Waals surface area contributed by atoms with Crippen molar-refractivity contribution in [2.24, 2.45) is 0 Å². The average molecular weight is 226 g/mol. The van der Waals surface area contributed by atoms with Gasteiger partial charge in [-0.2, -0.15) is 0 Å². The molecule has 0 spiro atoms. The van der Waals surface area contributed by atoms with Crippen molar-refractivity contribution in [1.29, 1.82) is 0 Å². The van der Waals surface area contributed by atoms with Crippen molar-refractivity contribution in [3.05, 3.63) is 28.5 Å². The molecule has 0 fully saturated rings. The van der Waals surface area contributed by atoms with Crippen LogP contribution in [-0.4, -0.2) is 16.5 Å². The zero-order chi connectivity index (χ0) is 11.5. The van der Waals surface area contributed by atoms with Crippen molar-refractivity contribution in [1.82, 2.24) is 10.5 Å². The quantitative estimate of drug-likeness (QED) is 0.600. The first kappa shape index (κ1) is 11.9. The smallest absolute Gasteiger partial charge is 0.277 e. The molecule has 1 aromatic rings. The van der Waals surface area contributed by atoms with Gasteiger partial charge in [0.2, 0.25) is 0 Å². The average Bonchev–Trinajstić information content (AvgIpc) is 2.14. The molecule has 2 N–H and O–H groups in total. The topological polar surface area (TPSA) is 54.1 Å². The number of pyridine rings is 1. The van der Waals surface area contributed by atoms with Gasteiger partial charge in [0.25, 0.3) is 5.91 Å². The summed E-state index contributed by atoms with van der Waals surface area (Å²) in [5.41, 5.74) is 2.33. The molecule has 1 rings (SSSR count). The summed E-state index contributed by atoms with van der Waals surface area (Å²) in [6.07, 6.45) is 1.67. The van der Waals surface area contributed by atoms with Gasteiger partial charge in [0.05, 0.1) is 11.2 Å². The molecule has 0 atom stereocenters. The fourth-order valence-electron chi connectivity index (χ4n) is 0.855. The van der Waals surface area contributed by atoms with Crippen molar-refractivity contribution >= 4 is 18.1 Å². The van der Waals surface area contributed by atoms with E-state index in [9.17, 15) is 4.79 Å². The molecule has 0 aliphatic carbocycles. The lowest BCUT2D eigenvalue weighted by Crippen LogP contribution is -2.33. The predicted molar refractivity (Wildman–Crippen MR) is 59.9 cm³/mol. The minimum absolute atomic E-state index is 0.341. The molecule has 0 saturated carbocycles. The van der Waals surface area contributed by atoms with E-state index >= 15 is 0 Å². The second-order valence-electron chi connectivity index (χ2n) is 4.06. The van der Waals surface area contributed by atoms with Crippen LogP contribution in [0.1, 0.15) is 31.1 Å². The fourth-order valence-corrected chi connectivity index (χ4v) is 1.08. The monoisotopic (exact) mass is 226 g/mol. The highest BCUT2D eigenvalue weighted by atomic mass is 32.1. The molecule has 4 nitrogen and oxygen atoms in total. The largest absolute Gasteiger partial charge is 0.352 e. The normalized spacial score (nSPS) is 11.1. The summed E-state index contributed by atoms with van der Waals surface area (Å²) in [6, 6.07) is 3.35. The number of carbonyl (C=O) groups excluding carboxylic acids is 1. The van der Waals surface area contributed by atoms with Crippen LogP contribution < -0.4 is 5.48 Å². The van der Waals surface area contributed by atoms with E-state index in [4.69, 9.17) is 17.1 Å². The van der Waals surface area contributed by atoms with Crippen LogP contribution in [0.2, 0.25) is 0 Å². The Bertz CT molecular complexity index is 406. The molecular weight excluding hydrogens is 212 g/mol. The van der Waals surface area contributed by atoms with E-state index < -0.39 is 5.60 Å². The van der Waals surface area contributed by atoms with Gasteiger partial charge in [0.15, 0.2) is 0 Å². The van der Waals surface area contributed by atoms with Crippen molar-refractivity contribution < 1.29 is 9.63 Å². The van der Waals surface area contributed by atoms with Crippen LogP contribution in [0.15, 0.2) is 18.3 Å². The zero-order valence-electron chi connectivity index (χ0n) is 8.96. The Kier molecular flexibility index (Phi) is 3.60. The Morgan fingerprint density at radius 2 is 2.20 bits per heavy atom. The van der Waals surface area contributed by atoms with E-state index in [-0.39, 0.29) is 5.91 Å². The molecule has 0 bridgehead atoms. The highest BCUT2D eigenvalue weighted by molar-refractivity contribution is 7.71. The number of amides is 1. The number of H-pyrrole nitrogens is 1.